The Balaban J connectivity index is 2.32. The van der Waals surface area contributed by atoms with E-state index in [2.05, 4.69) is 11.6 Å². The summed E-state index contributed by atoms with van der Waals surface area (Å²) in [4.78, 5) is 0. The third-order valence-corrected chi connectivity index (χ3v) is 4.71. The lowest BCUT2D eigenvalue weighted by atomic mass is 9.99. The fourth-order valence-electron chi connectivity index (χ4n) is 1.93. The van der Waals surface area contributed by atoms with Crippen LogP contribution in [0.25, 0.3) is 0 Å². The highest BCUT2D eigenvalue weighted by Gasteiger charge is 2.24. The minimum atomic E-state index is -3.12. The van der Waals surface area contributed by atoms with Crippen molar-refractivity contribution in [2.24, 2.45) is 11.8 Å². The van der Waals surface area contributed by atoms with Gasteiger partial charge in [0.15, 0.2) is 0 Å². The molecule has 0 aromatic heterocycles. The van der Waals surface area contributed by atoms with Crippen LogP contribution in [0.3, 0.4) is 0 Å². The summed E-state index contributed by atoms with van der Waals surface area (Å²) in [5.74, 6) is 1.35. The van der Waals surface area contributed by atoms with E-state index in [0.717, 1.165) is 6.42 Å². The molecule has 0 amide bonds. The van der Waals surface area contributed by atoms with Crippen LogP contribution in [0.1, 0.15) is 26.2 Å². The van der Waals surface area contributed by atoms with E-state index in [1.54, 1.807) is 0 Å². The van der Waals surface area contributed by atoms with Crippen molar-refractivity contribution in [3.05, 3.63) is 0 Å². The molecule has 0 spiro atoms. The van der Waals surface area contributed by atoms with E-state index in [-0.39, 0.29) is 11.6 Å². The van der Waals surface area contributed by atoms with Crippen molar-refractivity contribution >= 4 is 21.6 Å². The second kappa shape index (κ2) is 5.33. The summed E-state index contributed by atoms with van der Waals surface area (Å²) in [7, 11) is -3.12. The summed E-state index contributed by atoms with van der Waals surface area (Å²) < 4.78 is 25.2. The van der Waals surface area contributed by atoms with Crippen molar-refractivity contribution in [1.82, 2.24) is 4.72 Å². The van der Waals surface area contributed by atoms with Crippen LogP contribution >= 0.6 is 11.6 Å². The molecule has 1 aliphatic carbocycles. The molecule has 2 unspecified atom stereocenters. The summed E-state index contributed by atoms with van der Waals surface area (Å²) >= 11 is 5.39. The molecule has 1 saturated carbocycles. The van der Waals surface area contributed by atoms with E-state index >= 15 is 0 Å². The average molecular weight is 240 g/mol. The zero-order valence-corrected chi connectivity index (χ0v) is 10.1. The molecule has 0 heterocycles. The number of hydrogen-bond acceptors (Lipinski definition) is 2. The molecule has 5 heteroatoms. The predicted octanol–water partition coefficient (Wildman–Crippen LogP) is 1.58. The highest BCUT2D eigenvalue weighted by atomic mass is 35.5. The summed E-state index contributed by atoms with van der Waals surface area (Å²) in [6, 6.07) is 0. The Morgan fingerprint density at radius 2 is 2.14 bits per heavy atom. The Kier molecular flexibility index (Phi) is 4.67. The van der Waals surface area contributed by atoms with E-state index in [1.807, 2.05) is 0 Å². The molecule has 0 aliphatic heterocycles. The number of alkyl halides is 1. The molecule has 0 saturated heterocycles. The van der Waals surface area contributed by atoms with Gasteiger partial charge in [0.1, 0.15) is 0 Å². The first kappa shape index (κ1) is 12.3. The van der Waals surface area contributed by atoms with E-state index in [9.17, 15) is 8.42 Å². The molecule has 2 atom stereocenters. The van der Waals surface area contributed by atoms with E-state index < -0.39 is 10.0 Å². The van der Waals surface area contributed by atoms with Gasteiger partial charge in [-0.15, -0.1) is 11.6 Å². The molecular weight excluding hydrogens is 222 g/mol. The third-order valence-electron chi connectivity index (χ3n) is 2.95. The second-order valence-corrected chi connectivity index (χ2v) is 6.33. The first-order chi connectivity index (χ1) is 6.55. The maximum atomic E-state index is 11.3. The SMILES string of the molecule is CC1CCCC1CNS(=O)(=O)CCCl. The topological polar surface area (TPSA) is 46.2 Å². The fraction of sp³-hybridized carbons (Fsp3) is 1.00. The van der Waals surface area contributed by atoms with E-state index in [0.29, 0.717) is 18.4 Å². The van der Waals surface area contributed by atoms with Gasteiger partial charge in [-0.2, -0.15) is 0 Å². The number of sulfonamides is 1. The number of halogens is 1. The molecule has 84 valence electrons. The molecule has 3 nitrogen and oxygen atoms in total. The largest absolute Gasteiger partial charge is 0.215 e. The van der Waals surface area contributed by atoms with Crippen LogP contribution in [-0.4, -0.2) is 26.6 Å². The highest BCUT2D eigenvalue weighted by molar-refractivity contribution is 7.89. The number of hydrogen-bond donors (Lipinski definition) is 1. The smallest absolute Gasteiger partial charge is 0.212 e. The minimum absolute atomic E-state index is 0.0235. The zero-order valence-electron chi connectivity index (χ0n) is 8.50. The van der Waals surface area contributed by atoms with E-state index in [1.165, 1.54) is 12.8 Å². The van der Waals surface area contributed by atoms with Crippen LogP contribution in [0, 0.1) is 11.8 Å². The van der Waals surface area contributed by atoms with Gasteiger partial charge in [0, 0.05) is 12.4 Å². The van der Waals surface area contributed by atoms with Crippen molar-refractivity contribution in [1.29, 1.82) is 0 Å². The van der Waals surface area contributed by atoms with Crippen LogP contribution in [0.15, 0.2) is 0 Å². The Bertz CT molecular complexity index is 266. The lowest BCUT2D eigenvalue weighted by molar-refractivity contribution is 0.414. The number of nitrogens with one attached hydrogen (secondary N) is 1. The first-order valence-corrected chi connectivity index (χ1v) is 7.27. The molecule has 1 rings (SSSR count). The van der Waals surface area contributed by atoms with Gasteiger partial charge in [-0.3, -0.25) is 0 Å². The van der Waals surface area contributed by atoms with Gasteiger partial charge in [0.2, 0.25) is 10.0 Å². The normalized spacial score (nSPS) is 28.1. The van der Waals surface area contributed by atoms with Crippen LogP contribution < -0.4 is 4.72 Å². The second-order valence-electron chi connectivity index (χ2n) is 4.02. The van der Waals surface area contributed by atoms with E-state index in [4.69, 9.17) is 11.6 Å². The van der Waals surface area contributed by atoms with Crippen molar-refractivity contribution in [3.63, 3.8) is 0 Å². The van der Waals surface area contributed by atoms with Crippen molar-refractivity contribution in [3.8, 4) is 0 Å². The molecule has 0 radical (unpaired) electrons. The van der Waals surface area contributed by atoms with Crippen LogP contribution in [-0.2, 0) is 10.0 Å². The lowest BCUT2D eigenvalue weighted by Gasteiger charge is -2.15. The molecule has 0 aromatic carbocycles. The summed E-state index contributed by atoms with van der Waals surface area (Å²) in [5, 5.41) is 0. The quantitative estimate of drug-likeness (QED) is 0.741. The predicted molar refractivity (Wildman–Crippen MR) is 59.0 cm³/mol. The molecule has 1 N–H and O–H groups in total. The van der Waals surface area contributed by atoms with Crippen molar-refractivity contribution in [2.75, 3.05) is 18.2 Å². The van der Waals surface area contributed by atoms with Crippen molar-refractivity contribution in [2.45, 2.75) is 26.2 Å². The van der Waals surface area contributed by atoms with Crippen LogP contribution in [0.4, 0.5) is 0 Å². The minimum Gasteiger partial charge on any atom is -0.215 e. The standard InChI is InChI=1S/C9H18ClNO2S/c1-8-3-2-4-9(8)7-11-14(12,13)6-5-10/h8-9,11H,2-7H2,1H3. The Morgan fingerprint density at radius 3 is 2.64 bits per heavy atom. The number of rotatable bonds is 5. The van der Waals surface area contributed by atoms with Gasteiger partial charge in [0.25, 0.3) is 0 Å². The maximum Gasteiger partial charge on any atom is 0.212 e. The molecule has 0 bridgehead atoms. The molecule has 1 aliphatic rings. The summed E-state index contributed by atoms with van der Waals surface area (Å²) in [6.45, 7) is 2.77. The van der Waals surface area contributed by atoms with Gasteiger partial charge in [0.05, 0.1) is 5.75 Å². The van der Waals surface area contributed by atoms with Crippen LogP contribution in [0.2, 0.25) is 0 Å². The van der Waals surface area contributed by atoms with Gasteiger partial charge < -0.3 is 0 Å². The van der Waals surface area contributed by atoms with Gasteiger partial charge >= 0.3 is 0 Å². The van der Waals surface area contributed by atoms with Crippen LogP contribution in [0.5, 0.6) is 0 Å². The average Bonchev–Trinajstić information content (AvgIpc) is 2.48. The Hall–Kier alpha value is 0.200. The molecule has 14 heavy (non-hydrogen) atoms. The van der Waals surface area contributed by atoms with Crippen molar-refractivity contribution < 1.29 is 8.42 Å². The van der Waals surface area contributed by atoms with Gasteiger partial charge in [-0.25, -0.2) is 13.1 Å². The third kappa shape index (κ3) is 3.75. The molecule has 1 fully saturated rings. The Morgan fingerprint density at radius 1 is 1.43 bits per heavy atom. The monoisotopic (exact) mass is 239 g/mol. The summed E-state index contributed by atoms with van der Waals surface area (Å²) in [5.41, 5.74) is 0. The molecular formula is C9H18ClNO2S. The lowest BCUT2D eigenvalue weighted by Crippen LogP contribution is -2.32. The summed E-state index contributed by atoms with van der Waals surface area (Å²) in [6.07, 6.45) is 3.59. The fourth-order valence-corrected chi connectivity index (χ4v) is 3.36. The van der Waals surface area contributed by atoms with Gasteiger partial charge in [-0.1, -0.05) is 19.8 Å². The highest BCUT2D eigenvalue weighted by Crippen LogP contribution is 2.30. The van der Waals surface area contributed by atoms with Gasteiger partial charge in [-0.05, 0) is 18.3 Å². The first-order valence-electron chi connectivity index (χ1n) is 5.08. The molecule has 0 aromatic rings. The maximum absolute atomic E-state index is 11.3. The Labute approximate surface area is 91.3 Å². The zero-order chi connectivity index (χ0) is 10.6.